The van der Waals surface area contributed by atoms with Crippen molar-refractivity contribution in [1.29, 1.82) is 0 Å². The smallest absolute Gasteiger partial charge is 0.280 e. The van der Waals surface area contributed by atoms with E-state index in [4.69, 9.17) is 4.74 Å². The molecule has 0 fully saturated rings. The van der Waals surface area contributed by atoms with Gasteiger partial charge in [-0.1, -0.05) is 17.4 Å². The molecular formula is C13H12N4O3S. The van der Waals surface area contributed by atoms with E-state index in [-0.39, 0.29) is 0 Å². The standard InChI is InChI=1S/C13H12N4O3S/c1-7-3-4-9-8(5-7)15-10(18)13(2,20-9)11(19)16-12-17-14-6-21-12/h3-6H,1-2H3,(H,15,18)(H,16,17,19). The minimum atomic E-state index is -1.66. The first-order valence-electron chi connectivity index (χ1n) is 6.18. The van der Waals surface area contributed by atoms with E-state index < -0.39 is 17.4 Å². The number of nitrogens with one attached hydrogen (secondary N) is 2. The third-order valence-electron chi connectivity index (χ3n) is 3.14. The molecule has 2 amide bonds. The third kappa shape index (κ3) is 2.33. The van der Waals surface area contributed by atoms with E-state index in [0.717, 1.165) is 16.9 Å². The maximum absolute atomic E-state index is 12.3. The minimum absolute atomic E-state index is 0.312. The summed E-state index contributed by atoms with van der Waals surface area (Å²) >= 11 is 1.16. The van der Waals surface area contributed by atoms with Gasteiger partial charge in [0.1, 0.15) is 11.3 Å². The second-order valence-corrected chi connectivity index (χ2v) is 5.62. The molecule has 1 atom stereocenters. The molecule has 0 saturated carbocycles. The highest BCUT2D eigenvalue weighted by atomic mass is 32.1. The van der Waals surface area contributed by atoms with Gasteiger partial charge >= 0.3 is 0 Å². The first-order valence-corrected chi connectivity index (χ1v) is 7.06. The largest absolute Gasteiger partial charge is 0.466 e. The van der Waals surface area contributed by atoms with Crippen molar-refractivity contribution in [2.24, 2.45) is 0 Å². The van der Waals surface area contributed by atoms with Crippen LogP contribution in [0.3, 0.4) is 0 Å². The molecule has 7 nitrogen and oxygen atoms in total. The molecule has 3 rings (SSSR count). The number of fused-ring (bicyclic) bond motifs is 1. The van der Waals surface area contributed by atoms with Crippen LogP contribution in [-0.2, 0) is 9.59 Å². The number of aromatic nitrogens is 2. The van der Waals surface area contributed by atoms with Crippen molar-refractivity contribution in [3.05, 3.63) is 29.3 Å². The third-order valence-corrected chi connectivity index (χ3v) is 3.75. The molecular weight excluding hydrogens is 292 g/mol. The molecule has 1 unspecified atom stereocenters. The van der Waals surface area contributed by atoms with Gasteiger partial charge in [0.05, 0.1) is 5.69 Å². The zero-order chi connectivity index (χ0) is 15.0. The Labute approximate surface area is 124 Å². The fourth-order valence-electron chi connectivity index (χ4n) is 1.93. The summed E-state index contributed by atoms with van der Waals surface area (Å²) in [4.78, 5) is 24.5. The Balaban J connectivity index is 1.89. The molecule has 108 valence electrons. The second-order valence-electron chi connectivity index (χ2n) is 4.79. The molecule has 0 saturated heterocycles. The number of hydrogen-bond acceptors (Lipinski definition) is 6. The molecule has 2 heterocycles. The van der Waals surface area contributed by atoms with Crippen LogP contribution in [-0.4, -0.2) is 27.6 Å². The van der Waals surface area contributed by atoms with Crippen molar-refractivity contribution in [2.45, 2.75) is 19.4 Å². The van der Waals surface area contributed by atoms with Gasteiger partial charge in [0.15, 0.2) is 0 Å². The van der Waals surface area contributed by atoms with Crippen molar-refractivity contribution < 1.29 is 14.3 Å². The highest BCUT2D eigenvalue weighted by molar-refractivity contribution is 7.13. The molecule has 0 spiro atoms. The van der Waals surface area contributed by atoms with Crippen molar-refractivity contribution in [1.82, 2.24) is 10.2 Å². The van der Waals surface area contributed by atoms with Gasteiger partial charge in [-0.05, 0) is 31.5 Å². The molecule has 1 aliphatic rings. The van der Waals surface area contributed by atoms with Crippen LogP contribution < -0.4 is 15.4 Å². The van der Waals surface area contributed by atoms with E-state index in [1.165, 1.54) is 12.4 Å². The maximum Gasteiger partial charge on any atom is 0.280 e. The average Bonchev–Trinajstić information content (AvgIpc) is 2.93. The number of benzene rings is 1. The summed E-state index contributed by atoms with van der Waals surface area (Å²) in [6, 6.07) is 5.36. The minimum Gasteiger partial charge on any atom is -0.466 e. The lowest BCUT2D eigenvalue weighted by atomic mass is 10.0. The first-order chi connectivity index (χ1) is 9.99. The van der Waals surface area contributed by atoms with Crippen LogP contribution >= 0.6 is 11.3 Å². The van der Waals surface area contributed by atoms with Gasteiger partial charge in [0.2, 0.25) is 5.13 Å². The normalized spacial score (nSPS) is 20.2. The van der Waals surface area contributed by atoms with Crippen LogP contribution in [0, 0.1) is 6.92 Å². The Hall–Kier alpha value is -2.48. The van der Waals surface area contributed by atoms with Crippen molar-refractivity contribution in [2.75, 3.05) is 10.6 Å². The molecule has 0 bridgehead atoms. The van der Waals surface area contributed by atoms with E-state index in [1.807, 2.05) is 13.0 Å². The van der Waals surface area contributed by atoms with E-state index in [0.29, 0.717) is 16.6 Å². The lowest BCUT2D eigenvalue weighted by Gasteiger charge is -2.33. The van der Waals surface area contributed by atoms with Gasteiger partial charge < -0.3 is 10.1 Å². The van der Waals surface area contributed by atoms with Gasteiger partial charge in [-0.2, -0.15) is 0 Å². The summed E-state index contributed by atoms with van der Waals surface area (Å²) in [6.07, 6.45) is 0. The van der Waals surface area contributed by atoms with Gasteiger partial charge in [-0.25, -0.2) is 0 Å². The predicted molar refractivity (Wildman–Crippen MR) is 77.4 cm³/mol. The lowest BCUT2D eigenvalue weighted by molar-refractivity contribution is -0.143. The summed E-state index contributed by atoms with van der Waals surface area (Å²) in [7, 11) is 0. The highest BCUT2D eigenvalue weighted by Crippen LogP contribution is 2.34. The van der Waals surface area contributed by atoms with Crippen LogP contribution in [0.15, 0.2) is 23.7 Å². The molecule has 2 aromatic rings. The number of anilines is 2. The van der Waals surface area contributed by atoms with Crippen LogP contribution in [0.1, 0.15) is 12.5 Å². The first kappa shape index (κ1) is 13.5. The summed E-state index contributed by atoms with van der Waals surface area (Å²) in [5.41, 5.74) is 1.37. The SMILES string of the molecule is Cc1ccc2c(c1)NC(=O)C(C)(C(=O)Nc1nncs1)O2. The molecule has 8 heteroatoms. The van der Waals surface area contributed by atoms with Crippen molar-refractivity contribution >= 4 is 34.0 Å². The number of ether oxygens (including phenoxy) is 1. The summed E-state index contributed by atoms with van der Waals surface area (Å²) in [5, 5.41) is 12.9. The number of aryl methyl sites for hydroxylation is 1. The maximum atomic E-state index is 12.3. The highest BCUT2D eigenvalue weighted by Gasteiger charge is 2.47. The van der Waals surface area contributed by atoms with Crippen LogP contribution in [0.4, 0.5) is 10.8 Å². The fraction of sp³-hybridized carbons (Fsp3) is 0.231. The topological polar surface area (TPSA) is 93.2 Å². The van der Waals surface area contributed by atoms with E-state index in [2.05, 4.69) is 20.8 Å². The zero-order valence-corrected chi connectivity index (χ0v) is 12.2. The molecule has 2 N–H and O–H groups in total. The quantitative estimate of drug-likeness (QED) is 0.822. The van der Waals surface area contributed by atoms with Crippen LogP contribution in [0.2, 0.25) is 0 Å². The second kappa shape index (κ2) is 4.81. The molecule has 0 aliphatic carbocycles. The number of amides is 2. The molecule has 1 aliphatic heterocycles. The van der Waals surface area contributed by atoms with Gasteiger partial charge in [0, 0.05) is 0 Å². The predicted octanol–water partition coefficient (Wildman–Crippen LogP) is 1.57. The van der Waals surface area contributed by atoms with Crippen LogP contribution in [0.5, 0.6) is 5.75 Å². The van der Waals surface area contributed by atoms with Crippen molar-refractivity contribution in [3.8, 4) is 5.75 Å². The zero-order valence-electron chi connectivity index (χ0n) is 11.3. The number of hydrogen-bond donors (Lipinski definition) is 2. The van der Waals surface area contributed by atoms with E-state index in [1.54, 1.807) is 12.1 Å². The van der Waals surface area contributed by atoms with E-state index in [9.17, 15) is 9.59 Å². The molecule has 0 radical (unpaired) electrons. The fourth-order valence-corrected chi connectivity index (χ4v) is 2.37. The Morgan fingerprint density at radius 2 is 2.29 bits per heavy atom. The summed E-state index contributed by atoms with van der Waals surface area (Å²) in [5.74, 6) is -0.666. The van der Waals surface area contributed by atoms with Crippen molar-refractivity contribution in [3.63, 3.8) is 0 Å². The number of carbonyl (C=O) groups excluding carboxylic acids is 2. The monoisotopic (exact) mass is 304 g/mol. The Morgan fingerprint density at radius 1 is 1.48 bits per heavy atom. The lowest BCUT2D eigenvalue weighted by Crippen LogP contribution is -2.56. The molecule has 21 heavy (non-hydrogen) atoms. The summed E-state index contributed by atoms with van der Waals surface area (Å²) in [6.45, 7) is 3.32. The Bertz CT molecular complexity index is 716. The summed E-state index contributed by atoms with van der Waals surface area (Å²) < 4.78 is 5.63. The number of rotatable bonds is 2. The number of carbonyl (C=O) groups is 2. The van der Waals surface area contributed by atoms with E-state index >= 15 is 0 Å². The van der Waals surface area contributed by atoms with Gasteiger partial charge in [0.25, 0.3) is 17.4 Å². The molecule has 1 aromatic carbocycles. The molecule has 1 aromatic heterocycles. The van der Waals surface area contributed by atoms with Gasteiger partial charge in [-0.3, -0.25) is 14.9 Å². The number of nitrogens with zero attached hydrogens (tertiary/aromatic N) is 2. The van der Waals surface area contributed by atoms with Crippen LogP contribution in [0.25, 0.3) is 0 Å². The Kier molecular flexibility index (Phi) is 3.09. The average molecular weight is 304 g/mol. The van der Waals surface area contributed by atoms with Gasteiger partial charge in [-0.15, -0.1) is 10.2 Å². The Morgan fingerprint density at radius 3 is 3.00 bits per heavy atom.